The van der Waals surface area contributed by atoms with Crippen LogP contribution < -0.4 is 5.32 Å². The van der Waals surface area contributed by atoms with Crippen LogP contribution in [0.15, 0.2) is 72.7 Å². The average Bonchev–Trinajstić information content (AvgIpc) is 3.15. The molecule has 1 amide bonds. The van der Waals surface area contributed by atoms with E-state index in [0.29, 0.717) is 17.9 Å². The Bertz CT molecular complexity index is 802. The van der Waals surface area contributed by atoms with Crippen molar-refractivity contribution in [3.63, 3.8) is 0 Å². The van der Waals surface area contributed by atoms with Crippen LogP contribution in [0.2, 0.25) is 5.02 Å². The van der Waals surface area contributed by atoms with Gasteiger partial charge in [-0.25, -0.2) is 0 Å². The third-order valence-corrected chi connectivity index (χ3v) is 4.31. The van der Waals surface area contributed by atoms with Gasteiger partial charge in [-0.2, -0.15) is 0 Å². The molecular formula is C21H20ClNO3. The third kappa shape index (κ3) is 5.39. The first-order valence-corrected chi connectivity index (χ1v) is 8.79. The predicted molar refractivity (Wildman–Crippen MR) is 102 cm³/mol. The van der Waals surface area contributed by atoms with Crippen LogP contribution in [0.25, 0.3) is 6.08 Å². The molecule has 0 saturated carbocycles. The molecule has 2 aromatic carbocycles. The van der Waals surface area contributed by atoms with Crippen molar-refractivity contribution in [2.24, 2.45) is 0 Å². The fourth-order valence-electron chi connectivity index (χ4n) is 2.72. The zero-order valence-electron chi connectivity index (χ0n) is 14.2. The Kier molecular flexibility index (Phi) is 6.34. The van der Waals surface area contributed by atoms with Gasteiger partial charge in [0.15, 0.2) is 0 Å². The highest BCUT2D eigenvalue weighted by molar-refractivity contribution is 6.32. The molecule has 5 heteroatoms. The van der Waals surface area contributed by atoms with Crippen LogP contribution in [-0.4, -0.2) is 18.7 Å². The van der Waals surface area contributed by atoms with Crippen molar-refractivity contribution < 1.29 is 14.3 Å². The Balaban J connectivity index is 1.65. The lowest BCUT2D eigenvalue weighted by Crippen LogP contribution is -2.35. The van der Waals surface area contributed by atoms with E-state index in [9.17, 15) is 4.79 Å². The molecule has 1 atom stereocenters. The lowest BCUT2D eigenvalue weighted by molar-refractivity contribution is -0.117. The molecule has 0 spiro atoms. The number of benzene rings is 2. The van der Waals surface area contributed by atoms with Crippen molar-refractivity contribution in [2.75, 3.05) is 6.79 Å². The van der Waals surface area contributed by atoms with E-state index in [1.807, 2.05) is 48.5 Å². The van der Waals surface area contributed by atoms with E-state index in [1.54, 1.807) is 18.4 Å². The molecule has 1 aliphatic heterocycles. The van der Waals surface area contributed by atoms with E-state index in [-0.39, 0.29) is 18.7 Å². The monoisotopic (exact) mass is 369 g/mol. The SMILES string of the molecule is O=C(C=Cc1ccccc1Cl)NC(CC1=COCO1)Cc1ccccc1. The summed E-state index contributed by atoms with van der Waals surface area (Å²) in [6, 6.07) is 17.3. The maximum Gasteiger partial charge on any atom is 0.244 e. The van der Waals surface area contributed by atoms with Gasteiger partial charge in [-0.05, 0) is 29.7 Å². The number of ether oxygens (including phenoxy) is 2. The highest BCUT2D eigenvalue weighted by atomic mass is 35.5. The lowest BCUT2D eigenvalue weighted by atomic mass is 10.0. The van der Waals surface area contributed by atoms with E-state index in [0.717, 1.165) is 16.9 Å². The van der Waals surface area contributed by atoms with Gasteiger partial charge in [0.2, 0.25) is 12.7 Å². The molecule has 1 heterocycles. The van der Waals surface area contributed by atoms with Crippen LogP contribution in [0.1, 0.15) is 17.5 Å². The van der Waals surface area contributed by atoms with Crippen LogP contribution in [0.4, 0.5) is 0 Å². The van der Waals surface area contributed by atoms with Gasteiger partial charge in [0, 0.05) is 23.6 Å². The summed E-state index contributed by atoms with van der Waals surface area (Å²) in [5.74, 6) is 0.562. The predicted octanol–water partition coefficient (Wildman–Crippen LogP) is 4.32. The summed E-state index contributed by atoms with van der Waals surface area (Å²) in [6.45, 7) is 0.230. The van der Waals surface area contributed by atoms with Gasteiger partial charge >= 0.3 is 0 Å². The van der Waals surface area contributed by atoms with E-state index in [1.165, 1.54) is 6.08 Å². The maximum absolute atomic E-state index is 12.4. The molecular weight excluding hydrogens is 350 g/mol. The van der Waals surface area contributed by atoms with Crippen LogP contribution >= 0.6 is 11.6 Å². The molecule has 0 aromatic heterocycles. The number of nitrogens with one attached hydrogen (secondary N) is 1. The van der Waals surface area contributed by atoms with Crippen LogP contribution in [0.3, 0.4) is 0 Å². The van der Waals surface area contributed by atoms with E-state index >= 15 is 0 Å². The van der Waals surface area contributed by atoms with E-state index < -0.39 is 0 Å². The zero-order valence-corrected chi connectivity index (χ0v) is 15.0. The molecule has 0 bridgehead atoms. The van der Waals surface area contributed by atoms with Crippen LogP contribution in [0, 0.1) is 0 Å². The largest absolute Gasteiger partial charge is 0.462 e. The molecule has 0 aliphatic carbocycles. The summed E-state index contributed by atoms with van der Waals surface area (Å²) in [4.78, 5) is 12.4. The third-order valence-electron chi connectivity index (χ3n) is 3.97. The Morgan fingerprint density at radius 3 is 2.62 bits per heavy atom. The number of carbonyl (C=O) groups excluding carboxylic acids is 1. The molecule has 0 radical (unpaired) electrons. The van der Waals surface area contributed by atoms with Crippen molar-refractivity contribution in [1.29, 1.82) is 0 Å². The Morgan fingerprint density at radius 1 is 1.12 bits per heavy atom. The Labute approximate surface area is 158 Å². The molecule has 1 aliphatic rings. The number of carbonyl (C=O) groups is 1. The molecule has 3 rings (SSSR count). The molecule has 1 unspecified atom stereocenters. The lowest BCUT2D eigenvalue weighted by Gasteiger charge is -2.18. The summed E-state index contributed by atoms with van der Waals surface area (Å²) >= 11 is 6.11. The minimum absolute atomic E-state index is 0.103. The smallest absolute Gasteiger partial charge is 0.244 e. The number of amides is 1. The molecule has 4 nitrogen and oxygen atoms in total. The summed E-state index contributed by atoms with van der Waals surface area (Å²) < 4.78 is 10.5. The van der Waals surface area contributed by atoms with Gasteiger partial charge in [0.25, 0.3) is 0 Å². The minimum atomic E-state index is -0.176. The first kappa shape index (κ1) is 18.1. The molecule has 1 N–H and O–H groups in total. The Hall–Kier alpha value is -2.72. The first-order valence-electron chi connectivity index (χ1n) is 8.41. The van der Waals surface area contributed by atoms with Crippen LogP contribution in [0.5, 0.6) is 0 Å². The van der Waals surface area contributed by atoms with Crippen molar-refractivity contribution >= 4 is 23.6 Å². The Morgan fingerprint density at radius 2 is 1.88 bits per heavy atom. The molecule has 134 valence electrons. The normalized spacial score (nSPS) is 14.4. The van der Waals surface area contributed by atoms with Crippen molar-refractivity contribution in [2.45, 2.75) is 18.9 Å². The van der Waals surface area contributed by atoms with E-state index in [2.05, 4.69) is 5.32 Å². The van der Waals surface area contributed by atoms with Gasteiger partial charge in [-0.1, -0.05) is 60.1 Å². The van der Waals surface area contributed by atoms with E-state index in [4.69, 9.17) is 21.1 Å². The molecule has 26 heavy (non-hydrogen) atoms. The second-order valence-electron chi connectivity index (χ2n) is 5.97. The molecule has 0 saturated heterocycles. The summed E-state index contributed by atoms with van der Waals surface area (Å²) in [6.07, 6.45) is 6.09. The average molecular weight is 370 g/mol. The second-order valence-corrected chi connectivity index (χ2v) is 6.37. The number of hydrogen-bond donors (Lipinski definition) is 1. The highest BCUT2D eigenvalue weighted by Crippen LogP contribution is 2.18. The van der Waals surface area contributed by atoms with Gasteiger partial charge in [-0.15, -0.1) is 0 Å². The maximum atomic E-state index is 12.4. The van der Waals surface area contributed by atoms with Crippen molar-refractivity contribution in [3.8, 4) is 0 Å². The summed E-state index contributed by atoms with van der Waals surface area (Å²) in [5, 5.41) is 3.65. The fraction of sp³-hybridized carbons (Fsp3) is 0.190. The minimum Gasteiger partial charge on any atom is -0.462 e. The van der Waals surface area contributed by atoms with Gasteiger partial charge in [0.05, 0.1) is 0 Å². The summed E-state index contributed by atoms with van der Waals surface area (Å²) in [5.41, 5.74) is 1.95. The number of halogens is 1. The standard InChI is InChI=1S/C21H20ClNO3/c22-20-9-5-4-8-17(20)10-11-21(24)23-18(13-19-14-25-15-26-19)12-16-6-2-1-3-7-16/h1-11,14,18H,12-13,15H2,(H,23,24). The number of rotatable bonds is 7. The van der Waals surface area contributed by atoms with Gasteiger partial charge < -0.3 is 14.8 Å². The zero-order chi connectivity index (χ0) is 18.2. The molecule has 2 aromatic rings. The summed E-state index contributed by atoms with van der Waals surface area (Å²) in [7, 11) is 0. The second kappa shape index (κ2) is 9.11. The highest BCUT2D eigenvalue weighted by Gasteiger charge is 2.17. The van der Waals surface area contributed by atoms with Crippen molar-refractivity contribution in [3.05, 3.63) is 88.8 Å². The fourth-order valence-corrected chi connectivity index (χ4v) is 2.92. The quantitative estimate of drug-likeness (QED) is 0.739. The van der Waals surface area contributed by atoms with Crippen molar-refractivity contribution in [1.82, 2.24) is 5.32 Å². The topological polar surface area (TPSA) is 47.6 Å². The van der Waals surface area contributed by atoms with Crippen LogP contribution in [-0.2, 0) is 20.7 Å². The van der Waals surface area contributed by atoms with Gasteiger partial charge in [-0.3, -0.25) is 4.79 Å². The first-order chi connectivity index (χ1) is 12.7. The molecule has 0 fully saturated rings. The number of hydrogen-bond acceptors (Lipinski definition) is 3. The van der Waals surface area contributed by atoms with Gasteiger partial charge in [0.1, 0.15) is 12.0 Å².